The smallest absolute Gasteiger partial charge is 0.259 e. The van der Waals surface area contributed by atoms with Gasteiger partial charge in [0.15, 0.2) is 11.5 Å². The van der Waals surface area contributed by atoms with E-state index in [1.165, 1.54) is 39.2 Å². The zero-order chi connectivity index (χ0) is 26.4. The molecule has 11 nitrogen and oxygen atoms in total. The zero-order valence-electron chi connectivity index (χ0n) is 20.1. The number of amides is 1. The number of benzene rings is 2. The number of pyridine rings is 1. The van der Waals surface area contributed by atoms with Crippen LogP contribution in [-0.4, -0.2) is 42.4 Å². The van der Waals surface area contributed by atoms with Gasteiger partial charge in [-0.15, -0.1) is 10.2 Å². The average Bonchev–Trinajstić information content (AvgIpc) is 3.40. The van der Waals surface area contributed by atoms with Gasteiger partial charge in [0, 0.05) is 11.3 Å². The van der Waals surface area contributed by atoms with Crippen LogP contribution in [-0.2, 0) is 5.75 Å². The van der Waals surface area contributed by atoms with Crippen LogP contribution in [0.25, 0.3) is 11.5 Å². The van der Waals surface area contributed by atoms with E-state index in [1.54, 1.807) is 36.4 Å². The predicted molar refractivity (Wildman–Crippen MR) is 137 cm³/mol. The lowest BCUT2D eigenvalue weighted by Crippen LogP contribution is -2.15. The number of methoxy groups -OCH3 is 3. The molecule has 0 radical (unpaired) electrons. The van der Waals surface area contributed by atoms with E-state index in [9.17, 15) is 10.1 Å². The van der Waals surface area contributed by atoms with Gasteiger partial charge in [0.2, 0.25) is 17.5 Å². The number of nitrogen functional groups attached to an aromatic ring is 1. The third-order valence-corrected chi connectivity index (χ3v) is 6.10. The molecule has 0 aliphatic heterocycles. The molecule has 1 amide bonds. The minimum absolute atomic E-state index is 0.00132. The highest BCUT2D eigenvalue weighted by atomic mass is 32.2. The third-order valence-electron chi connectivity index (χ3n) is 5.12. The first-order chi connectivity index (χ1) is 18.0. The van der Waals surface area contributed by atoms with E-state index in [0.717, 1.165) is 0 Å². The number of rotatable bonds is 9. The van der Waals surface area contributed by atoms with Gasteiger partial charge in [-0.25, -0.2) is 4.98 Å². The van der Waals surface area contributed by atoms with Crippen molar-refractivity contribution >= 4 is 29.2 Å². The van der Waals surface area contributed by atoms with Crippen molar-refractivity contribution in [1.82, 2.24) is 15.2 Å². The molecule has 0 aliphatic carbocycles. The summed E-state index contributed by atoms with van der Waals surface area (Å²) in [6, 6.07) is 15.8. The summed E-state index contributed by atoms with van der Waals surface area (Å²) in [6.07, 6.45) is 0. The summed E-state index contributed by atoms with van der Waals surface area (Å²) >= 11 is 1.18. The van der Waals surface area contributed by atoms with E-state index in [1.807, 2.05) is 6.07 Å². The molecule has 0 bridgehead atoms. The highest BCUT2D eigenvalue weighted by Gasteiger charge is 2.20. The Labute approximate surface area is 216 Å². The number of aromatic nitrogens is 3. The van der Waals surface area contributed by atoms with E-state index in [-0.39, 0.29) is 28.6 Å². The highest BCUT2D eigenvalue weighted by molar-refractivity contribution is 7.98. The summed E-state index contributed by atoms with van der Waals surface area (Å²) in [5.74, 6) is 1.63. The van der Waals surface area contributed by atoms with Crippen molar-refractivity contribution in [2.45, 2.75) is 10.8 Å². The van der Waals surface area contributed by atoms with Crippen LogP contribution in [0.2, 0.25) is 0 Å². The molecule has 0 fully saturated rings. The molecule has 0 aliphatic rings. The van der Waals surface area contributed by atoms with Gasteiger partial charge >= 0.3 is 0 Å². The van der Waals surface area contributed by atoms with Crippen molar-refractivity contribution in [3.05, 3.63) is 65.5 Å². The van der Waals surface area contributed by atoms with Crippen LogP contribution in [0.4, 0.5) is 11.5 Å². The molecule has 188 valence electrons. The number of ether oxygens (including phenoxy) is 3. The van der Waals surface area contributed by atoms with Crippen molar-refractivity contribution < 1.29 is 23.4 Å². The SMILES string of the molecule is COc1cc(-c2nnc(CSc3nc(N)c(C(=O)Nc4ccccc4)cc3C#N)o2)cc(OC)c1OC. The first-order valence-electron chi connectivity index (χ1n) is 10.8. The topological polar surface area (TPSA) is 158 Å². The Kier molecular flexibility index (Phi) is 7.75. The predicted octanol–water partition coefficient (Wildman–Crippen LogP) is 4.16. The van der Waals surface area contributed by atoms with Gasteiger partial charge in [-0.1, -0.05) is 30.0 Å². The van der Waals surface area contributed by atoms with Gasteiger partial charge in [-0.3, -0.25) is 4.79 Å². The number of carbonyl (C=O) groups is 1. The quantitative estimate of drug-likeness (QED) is 0.306. The van der Waals surface area contributed by atoms with Crippen molar-refractivity contribution in [2.75, 3.05) is 32.4 Å². The number of nitrogens with zero attached hydrogens (tertiary/aromatic N) is 4. The molecule has 4 aromatic rings. The molecule has 3 N–H and O–H groups in total. The third kappa shape index (κ3) is 5.57. The van der Waals surface area contributed by atoms with Crippen LogP contribution >= 0.6 is 11.8 Å². The Hall–Kier alpha value is -4.76. The minimum Gasteiger partial charge on any atom is -0.493 e. The maximum atomic E-state index is 12.7. The summed E-state index contributed by atoms with van der Waals surface area (Å²) in [4.78, 5) is 16.9. The molecule has 2 heterocycles. The van der Waals surface area contributed by atoms with Crippen LogP contribution in [0.15, 0.2) is 58.0 Å². The first-order valence-corrected chi connectivity index (χ1v) is 11.8. The Bertz CT molecular complexity index is 1440. The second-order valence-electron chi connectivity index (χ2n) is 7.41. The van der Waals surface area contributed by atoms with E-state index in [4.69, 9.17) is 24.4 Å². The summed E-state index contributed by atoms with van der Waals surface area (Å²) < 4.78 is 21.9. The molecule has 0 saturated carbocycles. The fraction of sp³-hybridized carbons (Fsp3) is 0.160. The molecular formula is C25H22N6O5S. The highest BCUT2D eigenvalue weighted by Crippen LogP contribution is 2.41. The van der Waals surface area contributed by atoms with Gasteiger partial charge in [-0.05, 0) is 30.3 Å². The maximum Gasteiger partial charge on any atom is 0.259 e. The largest absolute Gasteiger partial charge is 0.493 e. The Morgan fingerprint density at radius 3 is 2.41 bits per heavy atom. The molecule has 0 atom stereocenters. The van der Waals surface area contributed by atoms with Gasteiger partial charge < -0.3 is 29.7 Å². The standard InChI is InChI=1S/C25H22N6O5S/c1-33-18-10-14(11-19(34-2)21(18)35-3)24-31-30-20(36-24)13-37-25-15(12-26)9-17(22(27)29-25)23(32)28-16-7-5-4-6-8-16/h4-11H,13H2,1-3H3,(H2,27,29)(H,28,32). The summed E-state index contributed by atoms with van der Waals surface area (Å²) in [5, 5.41) is 20.9. The molecule has 2 aromatic carbocycles. The summed E-state index contributed by atoms with van der Waals surface area (Å²) in [7, 11) is 4.54. The number of hydrogen-bond acceptors (Lipinski definition) is 11. The van der Waals surface area contributed by atoms with Crippen LogP contribution in [0, 0.1) is 11.3 Å². The van der Waals surface area contributed by atoms with Gasteiger partial charge in [0.1, 0.15) is 16.9 Å². The Morgan fingerprint density at radius 1 is 1.08 bits per heavy atom. The number of hydrogen-bond donors (Lipinski definition) is 2. The zero-order valence-corrected chi connectivity index (χ0v) is 21.0. The number of anilines is 2. The molecule has 0 saturated heterocycles. The van der Waals surface area contributed by atoms with Crippen molar-refractivity contribution in [2.24, 2.45) is 0 Å². The van der Waals surface area contributed by atoms with Crippen LogP contribution in [0.3, 0.4) is 0 Å². The molecular weight excluding hydrogens is 496 g/mol. The van der Waals surface area contributed by atoms with Crippen LogP contribution < -0.4 is 25.3 Å². The Balaban J connectivity index is 1.51. The second-order valence-corrected chi connectivity index (χ2v) is 8.37. The monoisotopic (exact) mass is 518 g/mol. The molecule has 4 rings (SSSR count). The molecule has 0 spiro atoms. The van der Waals surface area contributed by atoms with Crippen LogP contribution in [0.1, 0.15) is 21.8 Å². The van der Waals surface area contributed by atoms with E-state index in [0.29, 0.717) is 39.4 Å². The van der Waals surface area contributed by atoms with Crippen LogP contribution in [0.5, 0.6) is 17.2 Å². The molecule has 37 heavy (non-hydrogen) atoms. The minimum atomic E-state index is -0.462. The van der Waals surface area contributed by atoms with Gasteiger partial charge in [0.05, 0.1) is 38.2 Å². The van der Waals surface area contributed by atoms with E-state index in [2.05, 4.69) is 26.6 Å². The number of thioether (sulfide) groups is 1. The molecule has 12 heteroatoms. The van der Waals surface area contributed by atoms with Crippen molar-refractivity contribution in [3.8, 4) is 34.8 Å². The fourth-order valence-electron chi connectivity index (χ4n) is 3.37. The summed E-state index contributed by atoms with van der Waals surface area (Å²) in [5.41, 5.74) is 7.52. The van der Waals surface area contributed by atoms with Crippen molar-refractivity contribution in [3.63, 3.8) is 0 Å². The lowest BCUT2D eigenvalue weighted by atomic mass is 10.2. The van der Waals surface area contributed by atoms with E-state index < -0.39 is 5.91 Å². The lowest BCUT2D eigenvalue weighted by molar-refractivity contribution is 0.102. The van der Waals surface area contributed by atoms with Gasteiger partial charge in [0.25, 0.3) is 5.91 Å². The summed E-state index contributed by atoms with van der Waals surface area (Å²) in [6.45, 7) is 0. The van der Waals surface area contributed by atoms with E-state index >= 15 is 0 Å². The molecule has 2 aromatic heterocycles. The number of nitrogens with two attached hydrogens (primary N) is 1. The normalized spacial score (nSPS) is 10.4. The fourth-order valence-corrected chi connectivity index (χ4v) is 4.16. The Morgan fingerprint density at radius 2 is 1.78 bits per heavy atom. The second kappa shape index (κ2) is 11.3. The first kappa shape index (κ1) is 25.3. The lowest BCUT2D eigenvalue weighted by Gasteiger charge is -2.12. The maximum absolute atomic E-state index is 12.7. The number of carbonyl (C=O) groups excluding carboxylic acids is 1. The van der Waals surface area contributed by atoms with Crippen molar-refractivity contribution in [1.29, 1.82) is 5.26 Å². The van der Waals surface area contributed by atoms with Gasteiger partial charge in [-0.2, -0.15) is 5.26 Å². The number of nitriles is 1. The average molecular weight is 519 g/mol. The number of nitrogens with one attached hydrogen (secondary N) is 1. The number of para-hydroxylation sites is 1. The molecule has 0 unspecified atom stereocenters.